The Kier molecular flexibility index (Phi) is 6.54. The lowest BCUT2D eigenvalue weighted by atomic mass is 9.82. The molecule has 0 aliphatic heterocycles. The summed E-state index contributed by atoms with van der Waals surface area (Å²) >= 11 is 3.59. The minimum Gasteiger partial charge on any atom is -0.493 e. The molecule has 0 bridgehead atoms. The number of hydrogen-bond acceptors (Lipinski definition) is 3. The van der Waals surface area contributed by atoms with Crippen LogP contribution >= 0.6 is 15.9 Å². The zero-order valence-corrected chi connectivity index (χ0v) is 15.6. The average Bonchev–Trinajstić information content (AvgIpc) is 2.35. The van der Waals surface area contributed by atoms with Crippen LogP contribution < -0.4 is 15.2 Å². The minimum atomic E-state index is -0.0171. The molecule has 120 valence electrons. The number of benzene rings is 1. The lowest BCUT2D eigenvalue weighted by Crippen LogP contribution is -2.18. The number of nitrogens with two attached hydrogens (primary N) is 1. The van der Waals surface area contributed by atoms with Gasteiger partial charge in [-0.3, -0.25) is 0 Å². The molecule has 2 atom stereocenters. The molecule has 2 N–H and O–H groups in total. The molecular weight excluding hydrogens is 330 g/mol. The van der Waals surface area contributed by atoms with Crippen molar-refractivity contribution in [3.63, 3.8) is 0 Å². The van der Waals surface area contributed by atoms with Crippen LogP contribution in [0.1, 0.15) is 52.1 Å². The van der Waals surface area contributed by atoms with Gasteiger partial charge in [0, 0.05) is 10.5 Å². The molecule has 0 saturated heterocycles. The van der Waals surface area contributed by atoms with Crippen LogP contribution in [0.3, 0.4) is 0 Å². The minimum absolute atomic E-state index is 0.0171. The highest BCUT2D eigenvalue weighted by molar-refractivity contribution is 9.10. The van der Waals surface area contributed by atoms with Gasteiger partial charge in [-0.05, 0) is 41.9 Å². The molecule has 21 heavy (non-hydrogen) atoms. The quantitative estimate of drug-likeness (QED) is 0.784. The van der Waals surface area contributed by atoms with Crippen LogP contribution in [0.5, 0.6) is 11.5 Å². The van der Waals surface area contributed by atoms with Crippen LogP contribution in [-0.2, 0) is 0 Å². The third-order valence-electron chi connectivity index (χ3n) is 3.52. The molecule has 0 heterocycles. The van der Waals surface area contributed by atoms with E-state index in [1.165, 1.54) is 0 Å². The molecule has 0 spiro atoms. The van der Waals surface area contributed by atoms with Gasteiger partial charge in [-0.2, -0.15) is 0 Å². The monoisotopic (exact) mass is 357 g/mol. The predicted molar refractivity (Wildman–Crippen MR) is 92.0 cm³/mol. The highest BCUT2D eigenvalue weighted by Gasteiger charge is 2.20. The summed E-state index contributed by atoms with van der Waals surface area (Å²) < 4.78 is 11.6. The van der Waals surface area contributed by atoms with Crippen LogP contribution in [0.2, 0.25) is 0 Å². The Labute approximate surface area is 137 Å². The van der Waals surface area contributed by atoms with Crippen molar-refractivity contribution >= 4 is 15.9 Å². The SMILES string of the molecule is COc1cc(Br)c(C(N)CC(C)CC(C)(C)C)cc1OC. The van der Waals surface area contributed by atoms with E-state index in [4.69, 9.17) is 15.2 Å². The summed E-state index contributed by atoms with van der Waals surface area (Å²) in [5.74, 6) is 2.00. The lowest BCUT2D eigenvalue weighted by Gasteiger charge is -2.26. The molecule has 4 heteroatoms. The van der Waals surface area contributed by atoms with Gasteiger partial charge in [0.05, 0.1) is 14.2 Å². The van der Waals surface area contributed by atoms with Crippen molar-refractivity contribution in [2.75, 3.05) is 14.2 Å². The van der Waals surface area contributed by atoms with Crippen LogP contribution in [0.15, 0.2) is 16.6 Å². The normalized spacial score (nSPS) is 14.7. The number of rotatable bonds is 6. The summed E-state index contributed by atoms with van der Waals surface area (Å²) in [7, 11) is 3.28. The van der Waals surface area contributed by atoms with Crippen molar-refractivity contribution in [1.82, 2.24) is 0 Å². The van der Waals surface area contributed by atoms with Crippen LogP contribution in [0.25, 0.3) is 0 Å². The topological polar surface area (TPSA) is 44.5 Å². The molecule has 0 aliphatic carbocycles. The van der Waals surface area contributed by atoms with Gasteiger partial charge in [-0.25, -0.2) is 0 Å². The van der Waals surface area contributed by atoms with Gasteiger partial charge >= 0.3 is 0 Å². The third-order valence-corrected chi connectivity index (χ3v) is 4.21. The van der Waals surface area contributed by atoms with Crippen molar-refractivity contribution in [2.45, 2.75) is 46.6 Å². The van der Waals surface area contributed by atoms with Crippen molar-refractivity contribution < 1.29 is 9.47 Å². The first kappa shape index (κ1) is 18.3. The van der Waals surface area contributed by atoms with Crippen LogP contribution in [0, 0.1) is 11.3 Å². The predicted octanol–water partition coefficient (Wildman–Crippen LogP) is 4.93. The van der Waals surface area contributed by atoms with Crippen molar-refractivity contribution in [1.29, 1.82) is 0 Å². The smallest absolute Gasteiger partial charge is 0.161 e. The van der Waals surface area contributed by atoms with E-state index in [0.717, 1.165) is 28.6 Å². The Bertz CT molecular complexity index is 469. The standard InChI is InChI=1S/C17H28BrNO2/c1-11(10-17(2,3)4)7-14(19)12-8-15(20-5)16(21-6)9-13(12)18/h8-9,11,14H,7,10,19H2,1-6H3. The van der Waals surface area contributed by atoms with Gasteiger partial charge in [0.2, 0.25) is 0 Å². The van der Waals surface area contributed by atoms with Crippen LogP contribution in [0.4, 0.5) is 0 Å². The van der Waals surface area contributed by atoms with Gasteiger partial charge in [0.15, 0.2) is 11.5 Å². The molecule has 2 unspecified atom stereocenters. The average molecular weight is 358 g/mol. The van der Waals surface area contributed by atoms with E-state index in [-0.39, 0.29) is 6.04 Å². The maximum Gasteiger partial charge on any atom is 0.161 e. The Balaban J connectivity index is 2.89. The van der Waals surface area contributed by atoms with E-state index in [2.05, 4.69) is 43.6 Å². The summed E-state index contributed by atoms with van der Waals surface area (Å²) in [6.07, 6.45) is 2.11. The Morgan fingerprint density at radius 1 is 1.14 bits per heavy atom. The van der Waals surface area contributed by atoms with Crippen LogP contribution in [-0.4, -0.2) is 14.2 Å². The van der Waals surface area contributed by atoms with E-state index in [1.807, 2.05) is 12.1 Å². The molecule has 1 rings (SSSR count). The molecule has 0 saturated carbocycles. The largest absolute Gasteiger partial charge is 0.493 e. The highest BCUT2D eigenvalue weighted by atomic mass is 79.9. The first-order chi connectivity index (χ1) is 9.67. The molecule has 0 radical (unpaired) electrons. The molecule has 0 fully saturated rings. The summed E-state index contributed by atoms with van der Waals surface area (Å²) in [5.41, 5.74) is 7.80. The molecule has 1 aromatic carbocycles. The first-order valence-corrected chi connectivity index (χ1v) is 8.14. The van der Waals surface area contributed by atoms with Crippen molar-refractivity contribution in [2.24, 2.45) is 17.1 Å². The second kappa shape index (κ2) is 7.50. The lowest BCUT2D eigenvalue weighted by molar-refractivity contribution is 0.286. The van der Waals surface area contributed by atoms with E-state index >= 15 is 0 Å². The number of hydrogen-bond donors (Lipinski definition) is 1. The summed E-state index contributed by atoms with van der Waals surface area (Å²) in [6.45, 7) is 9.06. The maximum atomic E-state index is 6.40. The molecule has 0 amide bonds. The summed E-state index contributed by atoms with van der Waals surface area (Å²) in [5, 5.41) is 0. The number of halogens is 1. The van der Waals surface area contributed by atoms with E-state index in [9.17, 15) is 0 Å². The van der Waals surface area contributed by atoms with Gasteiger partial charge in [0.25, 0.3) is 0 Å². The molecule has 0 aromatic heterocycles. The van der Waals surface area contributed by atoms with Crippen molar-refractivity contribution in [3.8, 4) is 11.5 Å². The zero-order chi connectivity index (χ0) is 16.2. The highest BCUT2D eigenvalue weighted by Crippen LogP contribution is 2.38. The fourth-order valence-electron chi connectivity index (χ4n) is 2.84. The van der Waals surface area contributed by atoms with Gasteiger partial charge in [-0.1, -0.05) is 43.6 Å². The summed E-state index contributed by atoms with van der Waals surface area (Å²) in [6, 6.07) is 3.87. The van der Waals surface area contributed by atoms with Gasteiger partial charge < -0.3 is 15.2 Å². The van der Waals surface area contributed by atoms with Gasteiger partial charge in [0.1, 0.15) is 0 Å². The third kappa shape index (κ3) is 5.51. The molecule has 3 nitrogen and oxygen atoms in total. The second-order valence-electron chi connectivity index (χ2n) is 6.94. The van der Waals surface area contributed by atoms with E-state index in [1.54, 1.807) is 14.2 Å². The molecule has 0 aliphatic rings. The fraction of sp³-hybridized carbons (Fsp3) is 0.647. The number of methoxy groups -OCH3 is 2. The summed E-state index contributed by atoms with van der Waals surface area (Å²) in [4.78, 5) is 0. The molecule has 1 aromatic rings. The van der Waals surface area contributed by atoms with E-state index < -0.39 is 0 Å². The Hall–Kier alpha value is -0.740. The van der Waals surface area contributed by atoms with Gasteiger partial charge in [-0.15, -0.1) is 0 Å². The zero-order valence-electron chi connectivity index (χ0n) is 14.0. The fourth-order valence-corrected chi connectivity index (χ4v) is 3.46. The van der Waals surface area contributed by atoms with E-state index in [0.29, 0.717) is 17.1 Å². The second-order valence-corrected chi connectivity index (χ2v) is 7.80. The first-order valence-electron chi connectivity index (χ1n) is 7.35. The Morgan fingerprint density at radius 2 is 1.67 bits per heavy atom. The van der Waals surface area contributed by atoms with Crippen molar-refractivity contribution in [3.05, 3.63) is 22.2 Å². The Morgan fingerprint density at radius 3 is 2.14 bits per heavy atom. The number of ether oxygens (including phenoxy) is 2. The molecular formula is C17H28BrNO2. The maximum absolute atomic E-state index is 6.40.